The van der Waals surface area contributed by atoms with E-state index in [1.807, 2.05) is 35.2 Å². The van der Waals surface area contributed by atoms with Crippen molar-refractivity contribution in [2.75, 3.05) is 19.6 Å². The van der Waals surface area contributed by atoms with Crippen molar-refractivity contribution in [3.63, 3.8) is 0 Å². The number of para-hydroxylation sites is 1. The van der Waals surface area contributed by atoms with Crippen LogP contribution in [0.25, 0.3) is 0 Å². The maximum atomic E-state index is 12.3. The van der Waals surface area contributed by atoms with Gasteiger partial charge in [-0.2, -0.15) is 0 Å². The third-order valence-electron chi connectivity index (χ3n) is 4.16. The highest BCUT2D eigenvalue weighted by atomic mass is 16.5. The molecular weight excluding hydrogens is 252 g/mol. The fourth-order valence-corrected chi connectivity index (χ4v) is 3.00. The van der Waals surface area contributed by atoms with E-state index in [2.05, 4.69) is 5.32 Å². The molecule has 0 bridgehead atoms. The molecule has 0 radical (unpaired) electrons. The van der Waals surface area contributed by atoms with E-state index < -0.39 is 0 Å². The zero-order chi connectivity index (χ0) is 13.8. The van der Waals surface area contributed by atoms with Gasteiger partial charge in [-0.3, -0.25) is 4.79 Å². The molecule has 4 heteroatoms. The van der Waals surface area contributed by atoms with Crippen LogP contribution in [0.1, 0.15) is 25.7 Å². The van der Waals surface area contributed by atoms with Crippen molar-refractivity contribution < 1.29 is 9.53 Å². The molecule has 2 aliphatic heterocycles. The zero-order valence-electron chi connectivity index (χ0n) is 11.8. The van der Waals surface area contributed by atoms with E-state index in [9.17, 15) is 4.79 Å². The minimum absolute atomic E-state index is 0.0570. The highest BCUT2D eigenvalue weighted by Gasteiger charge is 2.30. The van der Waals surface area contributed by atoms with Crippen molar-refractivity contribution in [3.05, 3.63) is 30.3 Å². The molecule has 3 rings (SSSR count). The Morgan fingerprint density at radius 2 is 1.90 bits per heavy atom. The van der Waals surface area contributed by atoms with Crippen molar-refractivity contribution in [1.29, 1.82) is 0 Å². The molecule has 4 nitrogen and oxygen atoms in total. The fourth-order valence-electron chi connectivity index (χ4n) is 3.00. The van der Waals surface area contributed by atoms with Crippen molar-refractivity contribution in [3.8, 4) is 5.75 Å². The molecule has 0 spiro atoms. The van der Waals surface area contributed by atoms with Crippen LogP contribution in [0, 0.1) is 0 Å². The second kappa shape index (κ2) is 6.27. The predicted molar refractivity (Wildman–Crippen MR) is 77.7 cm³/mol. The molecule has 0 saturated carbocycles. The van der Waals surface area contributed by atoms with Gasteiger partial charge in [0.15, 0.2) is 0 Å². The van der Waals surface area contributed by atoms with Crippen molar-refractivity contribution >= 4 is 5.91 Å². The van der Waals surface area contributed by atoms with Crippen molar-refractivity contribution in [1.82, 2.24) is 10.2 Å². The van der Waals surface area contributed by atoms with Gasteiger partial charge in [0, 0.05) is 25.9 Å². The van der Waals surface area contributed by atoms with E-state index in [-0.39, 0.29) is 18.1 Å². The molecule has 1 amide bonds. The molecular formula is C16H22N2O2. The van der Waals surface area contributed by atoms with Gasteiger partial charge in [-0.1, -0.05) is 18.2 Å². The van der Waals surface area contributed by atoms with E-state index in [0.29, 0.717) is 0 Å². The van der Waals surface area contributed by atoms with E-state index in [1.54, 1.807) is 0 Å². The molecule has 1 unspecified atom stereocenters. The Morgan fingerprint density at radius 3 is 2.55 bits per heavy atom. The molecule has 1 N–H and O–H groups in total. The van der Waals surface area contributed by atoms with Gasteiger partial charge in [-0.05, 0) is 31.5 Å². The second-order valence-corrected chi connectivity index (χ2v) is 5.60. The summed E-state index contributed by atoms with van der Waals surface area (Å²) in [5.74, 6) is 1.20. The lowest BCUT2D eigenvalue weighted by atomic mass is 10.1. The van der Waals surface area contributed by atoms with E-state index >= 15 is 0 Å². The Hall–Kier alpha value is -1.55. The Labute approximate surface area is 120 Å². The third kappa shape index (κ3) is 3.12. The van der Waals surface area contributed by atoms with Crippen LogP contribution in [0.4, 0.5) is 0 Å². The highest BCUT2D eigenvalue weighted by molar-refractivity contribution is 5.82. The Bertz CT molecular complexity index is 435. The molecule has 1 aromatic rings. The molecule has 2 fully saturated rings. The smallest absolute Gasteiger partial charge is 0.239 e. The second-order valence-electron chi connectivity index (χ2n) is 5.60. The van der Waals surface area contributed by atoms with Gasteiger partial charge in [0.2, 0.25) is 5.91 Å². The first kappa shape index (κ1) is 13.4. The summed E-state index contributed by atoms with van der Waals surface area (Å²) in [6.07, 6.45) is 4.18. The van der Waals surface area contributed by atoms with Crippen LogP contribution >= 0.6 is 0 Å². The van der Waals surface area contributed by atoms with Crippen LogP contribution in [0.5, 0.6) is 5.75 Å². The summed E-state index contributed by atoms with van der Waals surface area (Å²) in [5, 5.41) is 3.28. The number of amides is 1. The first-order valence-electron chi connectivity index (χ1n) is 7.57. The molecule has 2 saturated heterocycles. The Kier molecular flexibility index (Phi) is 4.21. The van der Waals surface area contributed by atoms with E-state index in [1.165, 1.54) is 0 Å². The Balaban J connectivity index is 1.48. The van der Waals surface area contributed by atoms with Gasteiger partial charge in [0.1, 0.15) is 11.9 Å². The number of benzene rings is 1. The normalized spacial score (nSPS) is 23.8. The van der Waals surface area contributed by atoms with Crippen molar-refractivity contribution in [2.24, 2.45) is 0 Å². The molecule has 2 heterocycles. The molecule has 20 heavy (non-hydrogen) atoms. The predicted octanol–water partition coefficient (Wildman–Crippen LogP) is 1.81. The number of rotatable bonds is 3. The fraction of sp³-hybridized carbons (Fsp3) is 0.562. The number of nitrogens with one attached hydrogen (secondary N) is 1. The van der Waals surface area contributed by atoms with Crippen LogP contribution in [0.15, 0.2) is 30.3 Å². The number of ether oxygens (including phenoxy) is 1. The number of carbonyl (C=O) groups excluding carboxylic acids is 1. The average Bonchev–Trinajstić information content (AvgIpc) is 3.03. The van der Waals surface area contributed by atoms with Crippen LogP contribution in [-0.4, -0.2) is 42.6 Å². The number of carbonyl (C=O) groups is 1. The number of nitrogens with zero attached hydrogens (tertiary/aromatic N) is 1. The molecule has 0 aliphatic carbocycles. The standard InChI is InChI=1S/C16H22N2O2/c19-16(15-7-4-10-17-15)18-11-8-14(9-12-18)20-13-5-2-1-3-6-13/h1-3,5-6,14-15,17H,4,7-12H2. The summed E-state index contributed by atoms with van der Waals surface area (Å²) in [4.78, 5) is 14.3. The van der Waals surface area contributed by atoms with Gasteiger partial charge in [-0.25, -0.2) is 0 Å². The van der Waals surface area contributed by atoms with E-state index in [4.69, 9.17) is 4.74 Å². The van der Waals surface area contributed by atoms with Crippen LogP contribution < -0.4 is 10.1 Å². The van der Waals surface area contributed by atoms with Crippen LogP contribution in [-0.2, 0) is 4.79 Å². The van der Waals surface area contributed by atoms with Gasteiger partial charge in [0.25, 0.3) is 0 Å². The highest BCUT2D eigenvalue weighted by Crippen LogP contribution is 2.20. The molecule has 1 aromatic carbocycles. The summed E-state index contributed by atoms with van der Waals surface area (Å²) < 4.78 is 5.96. The molecule has 1 atom stereocenters. The SMILES string of the molecule is O=C(C1CCCN1)N1CCC(Oc2ccccc2)CC1. The van der Waals surface area contributed by atoms with Gasteiger partial charge >= 0.3 is 0 Å². The van der Waals surface area contributed by atoms with Gasteiger partial charge < -0.3 is 15.0 Å². The quantitative estimate of drug-likeness (QED) is 0.914. The van der Waals surface area contributed by atoms with E-state index in [0.717, 1.165) is 51.1 Å². The summed E-state index contributed by atoms with van der Waals surface area (Å²) >= 11 is 0. The maximum Gasteiger partial charge on any atom is 0.239 e. The lowest BCUT2D eigenvalue weighted by Gasteiger charge is -2.33. The first-order chi connectivity index (χ1) is 9.83. The largest absolute Gasteiger partial charge is 0.490 e. The minimum Gasteiger partial charge on any atom is -0.490 e. The van der Waals surface area contributed by atoms with Gasteiger partial charge in [-0.15, -0.1) is 0 Å². The maximum absolute atomic E-state index is 12.3. The Morgan fingerprint density at radius 1 is 1.15 bits per heavy atom. The number of hydrogen-bond acceptors (Lipinski definition) is 3. The summed E-state index contributed by atoms with van der Waals surface area (Å²) in [7, 11) is 0. The monoisotopic (exact) mass is 274 g/mol. The lowest BCUT2D eigenvalue weighted by Crippen LogP contribution is -2.48. The van der Waals surface area contributed by atoms with Crippen molar-refractivity contribution in [2.45, 2.75) is 37.8 Å². The lowest BCUT2D eigenvalue weighted by molar-refractivity contribution is -0.134. The summed E-state index contributed by atoms with van der Waals surface area (Å²) in [6, 6.07) is 9.99. The van der Waals surface area contributed by atoms with Crippen LogP contribution in [0.2, 0.25) is 0 Å². The zero-order valence-corrected chi connectivity index (χ0v) is 11.8. The minimum atomic E-state index is 0.0570. The summed E-state index contributed by atoms with van der Waals surface area (Å²) in [5.41, 5.74) is 0. The molecule has 2 aliphatic rings. The van der Waals surface area contributed by atoms with Gasteiger partial charge in [0.05, 0.1) is 6.04 Å². The number of piperidine rings is 1. The number of likely N-dealkylation sites (tertiary alicyclic amines) is 1. The molecule has 0 aromatic heterocycles. The average molecular weight is 274 g/mol. The third-order valence-corrected chi connectivity index (χ3v) is 4.16. The summed E-state index contributed by atoms with van der Waals surface area (Å²) in [6.45, 7) is 2.60. The number of hydrogen-bond donors (Lipinski definition) is 1. The molecule has 108 valence electrons. The first-order valence-corrected chi connectivity index (χ1v) is 7.57. The topological polar surface area (TPSA) is 41.6 Å². The van der Waals surface area contributed by atoms with Crippen LogP contribution in [0.3, 0.4) is 0 Å².